The second kappa shape index (κ2) is 11.1. The van der Waals surface area contributed by atoms with Crippen LogP contribution < -0.4 is 10.1 Å². The first-order chi connectivity index (χ1) is 13.8. The van der Waals surface area contributed by atoms with Crippen LogP contribution in [0.3, 0.4) is 0 Å². The van der Waals surface area contributed by atoms with E-state index in [0.717, 1.165) is 5.56 Å². The van der Waals surface area contributed by atoms with Gasteiger partial charge in [0.05, 0.1) is 10.0 Å². The van der Waals surface area contributed by atoms with Crippen LogP contribution in [0.15, 0.2) is 48.5 Å². The molecule has 1 atom stereocenters. The molecule has 0 fully saturated rings. The third-order valence-corrected chi connectivity index (χ3v) is 5.00. The van der Waals surface area contributed by atoms with Crippen LogP contribution in [0.25, 0.3) is 0 Å². The molecule has 1 N–H and O–H groups in total. The third kappa shape index (κ3) is 6.94. The number of hydrogen-bond donors (Lipinski definition) is 1. The van der Waals surface area contributed by atoms with Crippen LogP contribution >= 0.6 is 23.2 Å². The Balaban J connectivity index is 2.23. The summed E-state index contributed by atoms with van der Waals surface area (Å²) >= 11 is 12.1. The number of ether oxygens (including phenoxy) is 1. The van der Waals surface area contributed by atoms with Crippen LogP contribution in [-0.4, -0.2) is 35.4 Å². The molecule has 29 heavy (non-hydrogen) atoms. The summed E-state index contributed by atoms with van der Waals surface area (Å²) in [6.45, 7) is 5.69. The highest BCUT2D eigenvalue weighted by molar-refractivity contribution is 6.42. The summed E-state index contributed by atoms with van der Waals surface area (Å²) in [5.41, 5.74) is 0.781. The van der Waals surface area contributed by atoms with Gasteiger partial charge in [0.2, 0.25) is 5.91 Å². The predicted molar refractivity (Wildman–Crippen MR) is 116 cm³/mol. The highest BCUT2D eigenvalue weighted by Gasteiger charge is 2.29. The predicted octanol–water partition coefficient (Wildman–Crippen LogP) is 4.70. The molecular weight excluding hydrogens is 411 g/mol. The van der Waals surface area contributed by atoms with E-state index in [1.165, 1.54) is 4.90 Å². The minimum absolute atomic E-state index is 0.0287. The number of amides is 2. The zero-order chi connectivity index (χ0) is 21.4. The molecule has 0 aliphatic carbocycles. The number of nitrogens with zero attached hydrogens (tertiary/aromatic N) is 1. The average molecular weight is 437 g/mol. The maximum absolute atomic E-state index is 13.0. The molecule has 0 unspecified atom stereocenters. The lowest BCUT2D eigenvalue weighted by molar-refractivity contribution is -0.143. The Morgan fingerprint density at radius 2 is 1.76 bits per heavy atom. The van der Waals surface area contributed by atoms with Crippen molar-refractivity contribution in [1.82, 2.24) is 10.2 Å². The molecule has 5 nitrogen and oxygen atoms in total. The molecule has 2 rings (SSSR count). The first-order valence-corrected chi connectivity index (χ1v) is 10.3. The van der Waals surface area contributed by atoms with Crippen molar-refractivity contribution < 1.29 is 14.3 Å². The lowest BCUT2D eigenvalue weighted by atomic mass is 10.1. The van der Waals surface area contributed by atoms with E-state index in [1.54, 1.807) is 30.3 Å². The van der Waals surface area contributed by atoms with Gasteiger partial charge in [0.1, 0.15) is 11.8 Å². The van der Waals surface area contributed by atoms with Crippen molar-refractivity contribution in [1.29, 1.82) is 0 Å². The minimum Gasteiger partial charge on any atom is -0.484 e. The lowest BCUT2D eigenvalue weighted by Crippen LogP contribution is -2.51. The topological polar surface area (TPSA) is 58.6 Å². The lowest BCUT2D eigenvalue weighted by Gasteiger charge is -2.31. The summed E-state index contributed by atoms with van der Waals surface area (Å²) in [6, 6.07) is 13.6. The highest BCUT2D eigenvalue weighted by atomic mass is 35.5. The van der Waals surface area contributed by atoms with Crippen molar-refractivity contribution in [2.24, 2.45) is 0 Å². The normalized spacial score (nSPS) is 11.8. The molecule has 156 valence electrons. The van der Waals surface area contributed by atoms with Crippen LogP contribution in [0.4, 0.5) is 0 Å². The molecule has 2 amide bonds. The first kappa shape index (κ1) is 23.0. The molecule has 0 aliphatic rings. The maximum Gasteiger partial charge on any atom is 0.261 e. The molecule has 0 saturated carbocycles. The Labute approximate surface area is 181 Å². The summed E-state index contributed by atoms with van der Waals surface area (Å²) in [7, 11) is 0. The zero-order valence-corrected chi connectivity index (χ0v) is 18.3. The fourth-order valence-corrected chi connectivity index (χ4v) is 3.20. The van der Waals surface area contributed by atoms with Gasteiger partial charge in [-0.3, -0.25) is 9.59 Å². The quantitative estimate of drug-likeness (QED) is 0.619. The van der Waals surface area contributed by atoms with E-state index in [4.69, 9.17) is 27.9 Å². The summed E-state index contributed by atoms with van der Waals surface area (Å²) in [5.74, 6) is 0.108. The van der Waals surface area contributed by atoms with Crippen LogP contribution in [0.5, 0.6) is 5.75 Å². The van der Waals surface area contributed by atoms with Crippen molar-refractivity contribution in [2.45, 2.75) is 45.8 Å². The fraction of sp³-hybridized carbons (Fsp3) is 0.364. The van der Waals surface area contributed by atoms with E-state index in [9.17, 15) is 9.59 Å². The van der Waals surface area contributed by atoms with Crippen molar-refractivity contribution in [2.75, 3.05) is 6.61 Å². The molecule has 2 aromatic rings. The number of benzene rings is 2. The van der Waals surface area contributed by atoms with E-state index in [-0.39, 0.29) is 31.0 Å². The summed E-state index contributed by atoms with van der Waals surface area (Å²) in [6.07, 6.45) is 0.469. The van der Waals surface area contributed by atoms with Crippen LogP contribution in [0.2, 0.25) is 10.0 Å². The van der Waals surface area contributed by atoms with Gasteiger partial charge < -0.3 is 15.0 Å². The van der Waals surface area contributed by atoms with E-state index in [1.807, 2.05) is 39.0 Å². The standard InChI is InChI=1S/C22H26Cl2N2O3/c1-4-20(22(28)25-15(2)3)26(13-16-10-11-18(23)19(24)12-16)21(27)14-29-17-8-6-5-7-9-17/h5-12,15,20H,4,13-14H2,1-3H3,(H,25,28)/t20-/m1/s1. The van der Waals surface area contributed by atoms with Gasteiger partial charge >= 0.3 is 0 Å². The van der Waals surface area contributed by atoms with Crippen molar-refractivity contribution in [3.63, 3.8) is 0 Å². The van der Waals surface area contributed by atoms with Crippen LogP contribution in [0.1, 0.15) is 32.8 Å². The highest BCUT2D eigenvalue weighted by Crippen LogP contribution is 2.24. The Hall–Kier alpha value is -2.24. The molecule has 0 heterocycles. The number of hydrogen-bond acceptors (Lipinski definition) is 3. The largest absolute Gasteiger partial charge is 0.484 e. The van der Waals surface area contributed by atoms with Gasteiger partial charge in [-0.2, -0.15) is 0 Å². The van der Waals surface area contributed by atoms with E-state index in [2.05, 4.69) is 5.32 Å². The fourth-order valence-electron chi connectivity index (χ4n) is 2.88. The zero-order valence-electron chi connectivity index (χ0n) is 16.8. The van der Waals surface area contributed by atoms with Crippen molar-refractivity contribution >= 4 is 35.0 Å². The number of rotatable bonds is 9. The third-order valence-electron chi connectivity index (χ3n) is 4.26. The van der Waals surface area contributed by atoms with Crippen LogP contribution in [-0.2, 0) is 16.1 Å². The van der Waals surface area contributed by atoms with Gasteiger partial charge in [-0.05, 0) is 50.1 Å². The second-order valence-electron chi connectivity index (χ2n) is 6.96. The Kier molecular flexibility index (Phi) is 8.80. The van der Waals surface area contributed by atoms with E-state index in [0.29, 0.717) is 22.2 Å². The number of nitrogens with one attached hydrogen (secondary N) is 1. The van der Waals surface area contributed by atoms with Gasteiger partial charge in [-0.15, -0.1) is 0 Å². The van der Waals surface area contributed by atoms with Gasteiger partial charge in [0.15, 0.2) is 6.61 Å². The van der Waals surface area contributed by atoms with E-state index >= 15 is 0 Å². The second-order valence-corrected chi connectivity index (χ2v) is 7.77. The monoisotopic (exact) mass is 436 g/mol. The smallest absolute Gasteiger partial charge is 0.261 e. The molecule has 0 aromatic heterocycles. The summed E-state index contributed by atoms with van der Waals surface area (Å²) in [5, 5.41) is 3.72. The minimum atomic E-state index is -0.626. The van der Waals surface area contributed by atoms with E-state index < -0.39 is 6.04 Å². The van der Waals surface area contributed by atoms with Gasteiger partial charge in [0.25, 0.3) is 5.91 Å². The maximum atomic E-state index is 13.0. The summed E-state index contributed by atoms with van der Waals surface area (Å²) in [4.78, 5) is 27.3. The molecule has 0 saturated heterocycles. The molecule has 2 aromatic carbocycles. The number of para-hydroxylation sites is 1. The molecule has 7 heteroatoms. The number of carbonyl (C=O) groups is 2. The van der Waals surface area contributed by atoms with Gasteiger partial charge in [-0.25, -0.2) is 0 Å². The van der Waals surface area contributed by atoms with Crippen molar-refractivity contribution in [3.05, 3.63) is 64.1 Å². The molecule has 0 spiro atoms. The molecule has 0 radical (unpaired) electrons. The van der Waals surface area contributed by atoms with Crippen molar-refractivity contribution in [3.8, 4) is 5.75 Å². The molecule has 0 aliphatic heterocycles. The molecular formula is C22H26Cl2N2O3. The summed E-state index contributed by atoms with van der Waals surface area (Å²) < 4.78 is 5.61. The first-order valence-electron chi connectivity index (χ1n) is 9.53. The van der Waals surface area contributed by atoms with Crippen LogP contribution in [0, 0.1) is 0 Å². The Morgan fingerprint density at radius 3 is 2.34 bits per heavy atom. The average Bonchev–Trinajstić information content (AvgIpc) is 2.69. The number of carbonyl (C=O) groups excluding carboxylic acids is 2. The number of halogens is 2. The Morgan fingerprint density at radius 1 is 1.07 bits per heavy atom. The SMILES string of the molecule is CC[C@H](C(=O)NC(C)C)N(Cc1ccc(Cl)c(Cl)c1)C(=O)COc1ccccc1. The Bertz CT molecular complexity index is 828. The van der Waals surface area contributed by atoms with Gasteiger partial charge in [0, 0.05) is 12.6 Å². The van der Waals surface area contributed by atoms with Gasteiger partial charge in [-0.1, -0.05) is 54.4 Å². The molecule has 0 bridgehead atoms.